The Morgan fingerprint density at radius 3 is 2.87 bits per heavy atom. The molecule has 1 unspecified atom stereocenters. The number of hydrogen-bond acceptors (Lipinski definition) is 6. The van der Waals surface area contributed by atoms with Crippen LogP contribution in [0.15, 0.2) is 53.6 Å². The summed E-state index contributed by atoms with van der Waals surface area (Å²) in [5.74, 6) is 0.722. The number of rotatable bonds is 3. The first-order valence-electron chi connectivity index (χ1n) is 9.86. The highest BCUT2D eigenvalue weighted by Crippen LogP contribution is 2.36. The van der Waals surface area contributed by atoms with Crippen molar-refractivity contribution in [2.24, 2.45) is 0 Å². The Morgan fingerprint density at radius 1 is 1.23 bits per heavy atom. The van der Waals surface area contributed by atoms with Gasteiger partial charge in [-0.05, 0) is 49.2 Å². The van der Waals surface area contributed by atoms with Crippen LogP contribution in [0.3, 0.4) is 0 Å². The first-order chi connectivity index (χ1) is 14.8. The highest BCUT2D eigenvalue weighted by atomic mass is 32.2. The number of carbonyl (C=O) groups is 1. The Balaban J connectivity index is 1.58. The van der Waals surface area contributed by atoms with E-state index in [4.69, 9.17) is 9.72 Å². The van der Waals surface area contributed by atoms with E-state index in [2.05, 4.69) is 9.71 Å². The molecule has 31 heavy (non-hydrogen) atoms. The smallest absolute Gasteiger partial charge is 0.269 e. The second kappa shape index (κ2) is 7.14. The fraction of sp³-hybridized carbons (Fsp3) is 0.227. The molecule has 8 nitrogen and oxygen atoms in total. The average molecular weight is 436 g/mol. The maximum absolute atomic E-state index is 12.9. The lowest BCUT2D eigenvalue weighted by Crippen LogP contribution is -2.44. The zero-order valence-electron chi connectivity index (χ0n) is 17.0. The summed E-state index contributed by atoms with van der Waals surface area (Å²) in [5, 5.41) is 0. The molecule has 4 heterocycles. The molecule has 0 bridgehead atoms. The summed E-state index contributed by atoms with van der Waals surface area (Å²) in [5.41, 5.74) is 3.68. The maximum Gasteiger partial charge on any atom is 0.269 e. The first kappa shape index (κ1) is 19.7. The molecule has 3 aromatic rings. The van der Waals surface area contributed by atoms with Crippen LogP contribution in [0.1, 0.15) is 23.7 Å². The van der Waals surface area contributed by atoms with Crippen LogP contribution in [0.4, 0.5) is 5.82 Å². The molecule has 0 saturated carbocycles. The highest BCUT2D eigenvalue weighted by Gasteiger charge is 2.33. The number of fused-ring (bicyclic) bond motifs is 2. The summed E-state index contributed by atoms with van der Waals surface area (Å²) < 4.78 is 32.7. The van der Waals surface area contributed by atoms with E-state index >= 15 is 0 Å². The van der Waals surface area contributed by atoms with Gasteiger partial charge in [0.1, 0.15) is 0 Å². The second-order valence-electron chi connectivity index (χ2n) is 7.60. The number of aryl methyl sites for hydroxylation is 1. The van der Waals surface area contributed by atoms with E-state index < -0.39 is 16.1 Å². The van der Waals surface area contributed by atoms with Crippen molar-refractivity contribution in [2.75, 3.05) is 4.90 Å². The number of ether oxygens (including phenoxy) is 1. The summed E-state index contributed by atoms with van der Waals surface area (Å²) in [4.78, 5) is 23.8. The summed E-state index contributed by atoms with van der Waals surface area (Å²) >= 11 is 0. The van der Waals surface area contributed by atoms with Gasteiger partial charge in [0.05, 0.1) is 17.1 Å². The van der Waals surface area contributed by atoms with Crippen LogP contribution in [0.25, 0.3) is 11.3 Å². The van der Waals surface area contributed by atoms with Crippen molar-refractivity contribution in [1.82, 2.24) is 14.7 Å². The van der Waals surface area contributed by atoms with Crippen LogP contribution < -0.4 is 14.4 Å². The number of anilines is 1. The molecule has 0 radical (unpaired) electrons. The van der Waals surface area contributed by atoms with Gasteiger partial charge in [-0.2, -0.15) is 0 Å². The molecule has 2 aliphatic heterocycles. The number of amides is 1. The molecule has 5 rings (SSSR count). The SMILES string of the molecule is Cc1ncccc1CN1C(=O)C(C)Oc2ccc(-c3ccc4c(c3)S(=O)(=O)NC4)nc21. The Kier molecular flexibility index (Phi) is 4.53. The van der Waals surface area contributed by atoms with Crippen LogP contribution in [-0.4, -0.2) is 30.4 Å². The van der Waals surface area contributed by atoms with Gasteiger partial charge in [0, 0.05) is 24.0 Å². The number of hydrogen-bond donors (Lipinski definition) is 1. The van der Waals surface area contributed by atoms with E-state index in [9.17, 15) is 13.2 Å². The summed E-state index contributed by atoms with van der Waals surface area (Å²) in [7, 11) is -3.50. The molecule has 1 atom stereocenters. The van der Waals surface area contributed by atoms with Crippen LogP contribution in [0, 0.1) is 6.92 Å². The lowest BCUT2D eigenvalue weighted by atomic mass is 10.1. The fourth-order valence-corrected chi connectivity index (χ4v) is 5.08. The summed E-state index contributed by atoms with van der Waals surface area (Å²) in [6, 6.07) is 12.5. The molecule has 1 amide bonds. The summed E-state index contributed by atoms with van der Waals surface area (Å²) in [6.45, 7) is 4.21. The first-order valence-corrected chi connectivity index (χ1v) is 11.3. The second-order valence-corrected chi connectivity index (χ2v) is 9.33. The van der Waals surface area contributed by atoms with Crippen molar-refractivity contribution in [3.8, 4) is 17.0 Å². The number of aromatic nitrogens is 2. The minimum absolute atomic E-state index is 0.193. The molecule has 0 saturated heterocycles. The molecule has 0 aliphatic carbocycles. The van der Waals surface area contributed by atoms with Crippen LogP contribution in [0.5, 0.6) is 5.75 Å². The lowest BCUT2D eigenvalue weighted by Gasteiger charge is -2.32. The zero-order chi connectivity index (χ0) is 21.8. The minimum atomic E-state index is -3.50. The number of sulfonamides is 1. The Labute approximate surface area is 180 Å². The standard InChI is InChI=1S/C22H20N4O4S/c1-13-17(4-3-9-23-13)12-26-21-19(30-14(2)22(26)27)8-7-18(25-21)15-5-6-16-11-24-31(28,29)20(16)10-15/h3-10,14,24H,11-12H2,1-2H3. The molecular weight excluding hydrogens is 416 g/mol. The largest absolute Gasteiger partial charge is 0.477 e. The third-order valence-corrected chi connectivity index (χ3v) is 7.05. The Bertz CT molecular complexity index is 1320. The van der Waals surface area contributed by atoms with Crippen LogP contribution >= 0.6 is 0 Å². The van der Waals surface area contributed by atoms with Gasteiger partial charge in [-0.1, -0.05) is 18.2 Å². The third-order valence-electron chi connectivity index (χ3n) is 5.56. The Morgan fingerprint density at radius 2 is 2.06 bits per heavy atom. The van der Waals surface area contributed by atoms with Crippen molar-refractivity contribution in [2.45, 2.75) is 37.9 Å². The average Bonchev–Trinajstić information content (AvgIpc) is 3.06. The van der Waals surface area contributed by atoms with Crippen molar-refractivity contribution in [3.63, 3.8) is 0 Å². The van der Waals surface area contributed by atoms with Crippen LogP contribution in [0.2, 0.25) is 0 Å². The molecule has 2 aliphatic rings. The molecule has 1 aromatic carbocycles. The molecule has 9 heteroatoms. The van der Waals surface area contributed by atoms with Gasteiger partial charge in [-0.15, -0.1) is 0 Å². The normalized spacial score (nSPS) is 19.0. The van der Waals surface area contributed by atoms with Gasteiger partial charge >= 0.3 is 0 Å². The quantitative estimate of drug-likeness (QED) is 0.677. The van der Waals surface area contributed by atoms with E-state index in [-0.39, 0.29) is 17.3 Å². The number of nitrogens with one attached hydrogen (secondary N) is 1. The molecule has 158 valence electrons. The third kappa shape index (κ3) is 3.35. The minimum Gasteiger partial charge on any atom is -0.477 e. The molecule has 0 spiro atoms. The predicted octanol–water partition coefficient (Wildman–Crippen LogP) is 2.56. The van der Waals surface area contributed by atoms with Crippen molar-refractivity contribution >= 4 is 21.7 Å². The van der Waals surface area contributed by atoms with Crippen molar-refractivity contribution in [1.29, 1.82) is 0 Å². The number of carbonyl (C=O) groups excluding carboxylic acids is 1. The monoisotopic (exact) mass is 436 g/mol. The molecule has 2 aromatic heterocycles. The van der Waals surface area contributed by atoms with E-state index in [0.717, 1.165) is 16.8 Å². The fourth-order valence-electron chi connectivity index (χ4n) is 3.81. The number of benzene rings is 1. The van der Waals surface area contributed by atoms with Gasteiger partial charge in [0.2, 0.25) is 10.0 Å². The Hall–Kier alpha value is -3.30. The molecule has 1 N–H and O–H groups in total. The van der Waals surface area contributed by atoms with E-state index in [1.165, 1.54) is 0 Å². The molecular formula is C22H20N4O4S. The van der Waals surface area contributed by atoms with Gasteiger partial charge in [-0.25, -0.2) is 18.1 Å². The topological polar surface area (TPSA) is 101 Å². The summed E-state index contributed by atoms with van der Waals surface area (Å²) in [6.07, 6.45) is 1.08. The van der Waals surface area contributed by atoms with E-state index in [0.29, 0.717) is 29.4 Å². The van der Waals surface area contributed by atoms with Gasteiger partial charge in [0.25, 0.3) is 5.91 Å². The predicted molar refractivity (Wildman–Crippen MR) is 114 cm³/mol. The highest BCUT2D eigenvalue weighted by molar-refractivity contribution is 7.89. The lowest BCUT2D eigenvalue weighted by molar-refractivity contribution is -0.125. The van der Waals surface area contributed by atoms with Crippen LogP contribution in [-0.2, 0) is 27.9 Å². The van der Waals surface area contributed by atoms with Gasteiger partial charge < -0.3 is 4.74 Å². The van der Waals surface area contributed by atoms with Crippen molar-refractivity contribution < 1.29 is 17.9 Å². The number of pyridine rings is 2. The van der Waals surface area contributed by atoms with Gasteiger partial charge in [-0.3, -0.25) is 14.7 Å². The maximum atomic E-state index is 12.9. The molecule has 0 fully saturated rings. The van der Waals surface area contributed by atoms with Crippen molar-refractivity contribution in [3.05, 3.63) is 65.5 Å². The van der Waals surface area contributed by atoms with Gasteiger partial charge in [0.15, 0.2) is 17.7 Å². The van der Waals surface area contributed by atoms with E-state index in [1.807, 2.05) is 25.1 Å². The zero-order valence-corrected chi connectivity index (χ0v) is 17.8. The van der Waals surface area contributed by atoms with E-state index in [1.54, 1.807) is 42.3 Å². The number of nitrogens with zero attached hydrogens (tertiary/aromatic N) is 3.